The van der Waals surface area contributed by atoms with Crippen molar-refractivity contribution in [2.75, 3.05) is 18.4 Å². The van der Waals surface area contributed by atoms with Gasteiger partial charge in [0, 0.05) is 67.9 Å². The number of benzene rings is 3. The molecule has 0 aliphatic carbocycles. The highest BCUT2D eigenvalue weighted by Gasteiger charge is 2.36. The molecule has 0 bridgehead atoms. The van der Waals surface area contributed by atoms with Gasteiger partial charge in [-0.1, -0.05) is 24.3 Å². The van der Waals surface area contributed by atoms with Gasteiger partial charge in [0.15, 0.2) is 0 Å². The van der Waals surface area contributed by atoms with Gasteiger partial charge in [-0.2, -0.15) is 0 Å². The van der Waals surface area contributed by atoms with E-state index >= 15 is 0 Å². The van der Waals surface area contributed by atoms with Gasteiger partial charge in [0.25, 0.3) is 5.69 Å². The Hall–Kier alpha value is -5.12. The predicted octanol–water partition coefficient (Wildman–Crippen LogP) is 5.41. The van der Waals surface area contributed by atoms with Gasteiger partial charge in [-0.25, -0.2) is 4.98 Å². The highest BCUT2D eigenvalue weighted by atomic mass is 16.6. The molecule has 212 valence electrons. The summed E-state index contributed by atoms with van der Waals surface area (Å²) in [5.41, 5.74) is 4.94. The number of aryl methyl sites for hydroxylation is 2. The molecule has 1 N–H and O–H groups in total. The first kappa shape index (κ1) is 27.1. The van der Waals surface area contributed by atoms with Crippen LogP contribution in [-0.2, 0) is 23.1 Å². The van der Waals surface area contributed by atoms with Crippen LogP contribution in [0.2, 0.25) is 0 Å². The van der Waals surface area contributed by atoms with Gasteiger partial charge in [0.2, 0.25) is 11.8 Å². The van der Waals surface area contributed by atoms with Crippen LogP contribution in [0.15, 0.2) is 84.1 Å². The number of likely N-dealkylation sites (tertiary alicyclic amines) is 1. The summed E-state index contributed by atoms with van der Waals surface area (Å²) in [5.74, 6) is -0.0456. The Bertz CT molecular complexity index is 1690. The van der Waals surface area contributed by atoms with E-state index in [2.05, 4.69) is 10.3 Å². The molecule has 3 heterocycles. The number of hydrogen-bond acceptors (Lipinski definition) is 6. The molecule has 3 aromatic carbocycles. The summed E-state index contributed by atoms with van der Waals surface area (Å²) in [6.07, 6.45) is 6.89. The highest BCUT2D eigenvalue weighted by molar-refractivity contribution is 6.24. The lowest BCUT2D eigenvalue weighted by Gasteiger charge is -2.16. The number of carbonyl (C=O) groups is 2. The Balaban J connectivity index is 1.32. The maximum absolute atomic E-state index is 13.3. The maximum Gasteiger partial charge on any atom is 0.269 e. The van der Waals surface area contributed by atoms with Crippen LogP contribution >= 0.6 is 0 Å². The third-order valence-electron chi connectivity index (χ3n) is 7.86. The SMILES string of the molecule is Cn1ccnc1-c1ccc(N=C(c2ccc(CCCN3CCCC3=O)cc2)C2C(=O)Nc3ccc([N+](=O)[O-])cc32)cc1. The van der Waals surface area contributed by atoms with E-state index in [1.165, 1.54) is 12.1 Å². The zero-order valence-electron chi connectivity index (χ0n) is 23.2. The van der Waals surface area contributed by atoms with E-state index in [1.54, 1.807) is 12.3 Å². The fraction of sp³-hybridized carbons (Fsp3) is 0.250. The average Bonchev–Trinajstić information content (AvgIpc) is 3.70. The molecule has 42 heavy (non-hydrogen) atoms. The summed E-state index contributed by atoms with van der Waals surface area (Å²) in [6, 6.07) is 19.9. The largest absolute Gasteiger partial charge is 0.343 e. The molecule has 1 unspecified atom stereocenters. The first-order chi connectivity index (χ1) is 20.4. The van der Waals surface area contributed by atoms with Crippen molar-refractivity contribution in [1.82, 2.24) is 14.5 Å². The molecule has 0 saturated carbocycles. The molecule has 1 saturated heterocycles. The lowest BCUT2D eigenvalue weighted by Crippen LogP contribution is -2.25. The van der Waals surface area contributed by atoms with Gasteiger partial charge in [-0.3, -0.25) is 24.7 Å². The van der Waals surface area contributed by atoms with E-state index < -0.39 is 10.8 Å². The number of hydrogen-bond donors (Lipinski definition) is 1. The molecule has 1 atom stereocenters. The topological polar surface area (TPSA) is 123 Å². The van der Waals surface area contributed by atoms with Crippen molar-refractivity contribution >= 4 is 34.6 Å². The van der Waals surface area contributed by atoms with Crippen LogP contribution in [-0.4, -0.2) is 50.0 Å². The number of rotatable bonds is 9. The predicted molar refractivity (Wildman–Crippen MR) is 160 cm³/mol. The second kappa shape index (κ2) is 11.4. The van der Waals surface area contributed by atoms with Gasteiger partial charge in [0.05, 0.1) is 16.3 Å². The number of carbonyl (C=O) groups excluding carboxylic acids is 2. The van der Waals surface area contributed by atoms with E-state index in [0.29, 0.717) is 29.1 Å². The van der Waals surface area contributed by atoms with Crippen LogP contribution in [0.3, 0.4) is 0 Å². The number of anilines is 1. The number of nitro benzene ring substituents is 1. The molecule has 1 fully saturated rings. The summed E-state index contributed by atoms with van der Waals surface area (Å²) >= 11 is 0. The molecule has 2 amide bonds. The third kappa shape index (κ3) is 5.43. The van der Waals surface area contributed by atoms with E-state index in [-0.39, 0.29) is 17.5 Å². The summed E-state index contributed by atoms with van der Waals surface area (Å²) < 4.78 is 1.93. The molecule has 4 aromatic rings. The molecule has 1 aromatic heterocycles. The van der Waals surface area contributed by atoms with Gasteiger partial charge >= 0.3 is 0 Å². The first-order valence-electron chi connectivity index (χ1n) is 14.0. The van der Waals surface area contributed by atoms with Crippen molar-refractivity contribution in [1.29, 1.82) is 0 Å². The Kier molecular flexibility index (Phi) is 7.35. The van der Waals surface area contributed by atoms with Gasteiger partial charge in [-0.05, 0) is 60.7 Å². The maximum atomic E-state index is 13.3. The van der Waals surface area contributed by atoms with Crippen LogP contribution < -0.4 is 5.32 Å². The smallest absolute Gasteiger partial charge is 0.269 e. The Labute approximate surface area is 242 Å². The van der Waals surface area contributed by atoms with Gasteiger partial charge in [0.1, 0.15) is 11.7 Å². The molecule has 6 rings (SSSR count). The monoisotopic (exact) mass is 562 g/mol. The molecular formula is C32H30N6O4. The second-order valence-electron chi connectivity index (χ2n) is 10.6. The van der Waals surface area contributed by atoms with Crippen LogP contribution in [0.25, 0.3) is 11.4 Å². The summed E-state index contributed by atoms with van der Waals surface area (Å²) in [6.45, 7) is 1.59. The van der Waals surface area contributed by atoms with Crippen LogP contribution in [0.4, 0.5) is 17.1 Å². The number of non-ortho nitro benzene ring substituents is 1. The number of aromatic nitrogens is 2. The minimum Gasteiger partial charge on any atom is -0.343 e. The zero-order valence-corrected chi connectivity index (χ0v) is 23.2. The van der Waals surface area contributed by atoms with E-state index in [9.17, 15) is 19.7 Å². The molecule has 0 spiro atoms. The fourth-order valence-electron chi connectivity index (χ4n) is 5.65. The zero-order chi connectivity index (χ0) is 29.2. The van der Waals surface area contributed by atoms with Crippen molar-refractivity contribution in [3.8, 4) is 11.4 Å². The minimum atomic E-state index is -0.818. The summed E-state index contributed by atoms with van der Waals surface area (Å²) in [7, 11) is 1.93. The number of nitrogens with one attached hydrogen (secondary N) is 1. The summed E-state index contributed by atoms with van der Waals surface area (Å²) in [5, 5.41) is 14.4. The van der Waals surface area contributed by atoms with Crippen molar-refractivity contribution in [3.05, 3.63) is 106 Å². The number of amides is 2. The Morgan fingerprint density at radius 3 is 2.55 bits per heavy atom. The van der Waals surface area contributed by atoms with Gasteiger partial charge in [-0.15, -0.1) is 0 Å². The fourth-order valence-corrected chi connectivity index (χ4v) is 5.65. The van der Waals surface area contributed by atoms with E-state index in [1.807, 2.05) is 71.2 Å². The second-order valence-corrected chi connectivity index (χ2v) is 10.6. The van der Waals surface area contributed by atoms with Crippen molar-refractivity contribution < 1.29 is 14.5 Å². The number of nitrogens with zero attached hydrogens (tertiary/aromatic N) is 5. The molecule has 0 radical (unpaired) electrons. The number of nitro groups is 1. The van der Waals surface area contributed by atoms with Crippen LogP contribution in [0.5, 0.6) is 0 Å². The number of imidazole rings is 1. The van der Waals surface area contributed by atoms with Crippen molar-refractivity contribution in [2.45, 2.75) is 31.6 Å². The van der Waals surface area contributed by atoms with E-state index in [4.69, 9.17) is 4.99 Å². The standard InChI is InChI=1S/C32H30N6O4/c1-36-19-16-33-31(36)23-10-12-24(13-11-23)34-30(29-26-20-25(38(41)42)14-15-27(26)35-32(29)40)22-8-6-21(7-9-22)4-2-17-37-18-3-5-28(37)39/h6-16,19-20,29H,2-5,17-18H2,1H3,(H,35,40). The highest BCUT2D eigenvalue weighted by Crippen LogP contribution is 2.38. The lowest BCUT2D eigenvalue weighted by atomic mass is 9.89. The molecule has 10 nitrogen and oxygen atoms in total. The quantitative estimate of drug-likeness (QED) is 0.166. The molecule has 2 aliphatic rings. The van der Waals surface area contributed by atoms with Crippen LogP contribution in [0.1, 0.15) is 41.9 Å². The first-order valence-corrected chi connectivity index (χ1v) is 14.0. The Morgan fingerprint density at radius 2 is 1.88 bits per heavy atom. The van der Waals surface area contributed by atoms with Crippen LogP contribution in [0, 0.1) is 10.1 Å². The van der Waals surface area contributed by atoms with E-state index in [0.717, 1.165) is 54.9 Å². The lowest BCUT2D eigenvalue weighted by molar-refractivity contribution is -0.384. The molecule has 10 heteroatoms. The molecular weight excluding hydrogens is 532 g/mol. The number of fused-ring (bicyclic) bond motifs is 1. The minimum absolute atomic E-state index is 0.0825. The Morgan fingerprint density at radius 1 is 1.10 bits per heavy atom. The van der Waals surface area contributed by atoms with Crippen molar-refractivity contribution in [2.24, 2.45) is 12.0 Å². The normalized spacial score (nSPS) is 16.5. The van der Waals surface area contributed by atoms with Crippen molar-refractivity contribution in [3.63, 3.8) is 0 Å². The number of aliphatic imine (C=N–C) groups is 1. The molecule has 2 aliphatic heterocycles. The third-order valence-corrected chi connectivity index (χ3v) is 7.86. The average molecular weight is 563 g/mol. The van der Waals surface area contributed by atoms with Gasteiger partial charge < -0.3 is 14.8 Å². The summed E-state index contributed by atoms with van der Waals surface area (Å²) in [4.78, 5) is 47.6.